The van der Waals surface area contributed by atoms with Gasteiger partial charge in [0.05, 0.1) is 6.04 Å². The molecule has 1 aromatic carbocycles. The molecule has 1 aromatic heterocycles. The van der Waals surface area contributed by atoms with E-state index in [4.69, 9.17) is 0 Å². The van der Waals surface area contributed by atoms with Crippen LogP contribution >= 0.6 is 27.3 Å². The fourth-order valence-corrected chi connectivity index (χ4v) is 4.14. The normalized spacial score (nSPS) is 16.9. The van der Waals surface area contributed by atoms with E-state index >= 15 is 0 Å². The van der Waals surface area contributed by atoms with Crippen molar-refractivity contribution < 1.29 is 4.79 Å². The minimum absolute atomic E-state index is 0.00364. The molecular formula is C18H21BrN2OS. The molecule has 0 saturated carbocycles. The van der Waals surface area contributed by atoms with Gasteiger partial charge in [-0.25, -0.2) is 0 Å². The van der Waals surface area contributed by atoms with Crippen LogP contribution in [0.4, 0.5) is 0 Å². The van der Waals surface area contributed by atoms with Crippen LogP contribution in [0.2, 0.25) is 0 Å². The summed E-state index contributed by atoms with van der Waals surface area (Å²) >= 11 is 5.17. The first-order valence-electron chi connectivity index (χ1n) is 8.05. The van der Waals surface area contributed by atoms with Gasteiger partial charge in [0.15, 0.2) is 0 Å². The lowest BCUT2D eigenvalue weighted by Gasteiger charge is -2.34. The SMILES string of the molecule is O=C(NCC(c1cccs1)N1CCCCC1)c1ccc(Br)cc1. The molecule has 1 fully saturated rings. The van der Waals surface area contributed by atoms with E-state index in [1.807, 2.05) is 24.3 Å². The van der Waals surface area contributed by atoms with Gasteiger partial charge in [0.25, 0.3) is 5.91 Å². The lowest BCUT2D eigenvalue weighted by molar-refractivity contribution is 0.0925. The molecule has 1 saturated heterocycles. The lowest BCUT2D eigenvalue weighted by atomic mass is 10.1. The fraction of sp³-hybridized carbons (Fsp3) is 0.389. The number of carbonyl (C=O) groups is 1. The highest BCUT2D eigenvalue weighted by molar-refractivity contribution is 9.10. The van der Waals surface area contributed by atoms with Gasteiger partial charge in [-0.1, -0.05) is 28.4 Å². The molecule has 1 N–H and O–H groups in total. The van der Waals surface area contributed by atoms with Crippen LogP contribution < -0.4 is 5.32 Å². The van der Waals surface area contributed by atoms with Crippen molar-refractivity contribution in [1.29, 1.82) is 0 Å². The van der Waals surface area contributed by atoms with E-state index in [-0.39, 0.29) is 11.9 Å². The highest BCUT2D eigenvalue weighted by atomic mass is 79.9. The van der Waals surface area contributed by atoms with Gasteiger partial charge < -0.3 is 5.32 Å². The van der Waals surface area contributed by atoms with Crippen LogP contribution in [0, 0.1) is 0 Å². The number of likely N-dealkylation sites (tertiary alicyclic amines) is 1. The van der Waals surface area contributed by atoms with E-state index in [2.05, 4.69) is 43.7 Å². The number of halogens is 1. The van der Waals surface area contributed by atoms with Crippen LogP contribution in [0.15, 0.2) is 46.3 Å². The number of carbonyl (C=O) groups excluding carboxylic acids is 1. The molecule has 3 nitrogen and oxygen atoms in total. The highest BCUT2D eigenvalue weighted by Crippen LogP contribution is 2.27. The summed E-state index contributed by atoms with van der Waals surface area (Å²) in [7, 11) is 0. The first kappa shape index (κ1) is 16.7. The Balaban J connectivity index is 1.66. The van der Waals surface area contributed by atoms with Crippen LogP contribution in [0.5, 0.6) is 0 Å². The smallest absolute Gasteiger partial charge is 0.251 e. The van der Waals surface area contributed by atoms with Gasteiger partial charge >= 0.3 is 0 Å². The Morgan fingerprint density at radius 3 is 2.57 bits per heavy atom. The Labute approximate surface area is 149 Å². The van der Waals surface area contributed by atoms with Crippen LogP contribution in [-0.4, -0.2) is 30.4 Å². The maximum Gasteiger partial charge on any atom is 0.251 e. The molecule has 0 spiro atoms. The fourth-order valence-electron chi connectivity index (χ4n) is 3.01. The van der Waals surface area contributed by atoms with Crippen molar-refractivity contribution in [2.75, 3.05) is 19.6 Å². The van der Waals surface area contributed by atoms with E-state index < -0.39 is 0 Å². The second-order valence-electron chi connectivity index (χ2n) is 5.84. The predicted octanol–water partition coefficient (Wildman–Crippen LogP) is 4.47. The standard InChI is InChI=1S/C18H21BrN2OS/c19-15-8-6-14(7-9-15)18(22)20-13-16(17-5-4-12-23-17)21-10-2-1-3-11-21/h4-9,12,16H,1-3,10-11,13H2,(H,20,22). The minimum atomic E-state index is -0.00364. The zero-order valence-corrected chi connectivity index (χ0v) is 15.4. The van der Waals surface area contributed by atoms with Crippen LogP contribution in [0.3, 0.4) is 0 Å². The average Bonchev–Trinajstić information content (AvgIpc) is 3.11. The molecular weight excluding hydrogens is 372 g/mol. The quantitative estimate of drug-likeness (QED) is 0.813. The Kier molecular flexibility index (Phi) is 5.86. The Morgan fingerprint density at radius 2 is 1.91 bits per heavy atom. The van der Waals surface area contributed by atoms with Gasteiger partial charge in [0.1, 0.15) is 0 Å². The molecule has 23 heavy (non-hydrogen) atoms. The maximum absolute atomic E-state index is 12.4. The zero-order valence-electron chi connectivity index (χ0n) is 13.0. The number of rotatable bonds is 5. The number of thiophene rings is 1. The van der Waals surface area contributed by atoms with Crippen molar-refractivity contribution in [2.24, 2.45) is 0 Å². The summed E-state index contributed by atoms with van der Waals surface area (Å²) in [5, 5.41) is 5.23. The lowest BCUT2D eigenvalue weighted by Crippen LogP contribution is -2.40. The van der Waals surface area contributed by atoms with E-state index in [0.717, 1.165) is 17.6 Å². The molecule has 2 aromatic rings. The number of nitrogens with zero attached hydrogens (tertiary/aromatic N) is 1. The molecule has 122 valence electrons. The molecule has 0 radical (unpaired) electrons. The molecule has 0 bridgehead atoms. The summed E-state index contributed by atoms with van der Waals surface area (Å²) in [6.45, 7) is 2.91. The number of hydrogen-bond acceptors (Lipinski definition) is 3. The third-order valence-electron chi connectivity index (χ3n) is 4.27. The maximum atomic E-state index is 12.4. The van der Waals surface area contributed by atoms with Gasteiger partial charge in [-0.3, -0.25) is 9.69 Å². The molecule has 1 aliphatic rings. The molecule has 3 rings (SSSR count). The third kappa shape index (κ3) is 4.43. The van der Waals surface area contributed by atoms with Gasteiger partial charge in [-0.2, -0.15) is 0 Å². The van der Waals surface area contributed by atoms with E-state index in [1.54, 1.807) is 11.3 Å². The molecule has 1 amide bonds. The Morgan fingerprint density at radius 1 is 1.17 bits per heavy atom. The predicted molar refractivity (Wildman–Crippen MR) is 99.0 cm³/mol. The second kappa shape index (κ2) is 8.08. The van der Waals surface area contributed by atoms with E-state index in [0.29, 0.717) is 12.1 Å². The largest absolute Gasteiger partial charge is 0.350 e. The van der Waals surface area contributed by atoms with Crippen LogP contribution in [0.1, 0.15) is 40.5 Å². The van der Waals surface area contributed by atoms with Crippen molar-refractivity contribution in [3.05, 3.63) is 56.7 Å². The molecule has 1 aliphatic heterocycles. The van der Waals surface area contributed by atoms with Gasteiger partial charge in [0, 0.05) is 21.5 Å². The van der Waals surface area contributed by atoms with Gasteiger partial charge in [0.2, 0.25) is 0 Å². The van der Waals surface area contributed by atoms with Gasteiger partial charge in [-0.15, -0.1) is 11.3 Å². The van der Waals surface area contributed by atoms with E-state index in [1.165, 1.54) is 24.1 Å². The molecule has 5 heteroatoms. The topological polar surface area (TPSA) is 32.3 Å². The summed E-state index contributed by atoms with van der Waals surface area (Å²) in [5.41, 5.74) is 0.705. The van der Waals surface area contributed by atoms with Crippen molar-refractivity contribution in [3.63, 3.8) is 0 Å². The van der Waals surface area contributed by atoms with Crippen molar-refractivity contribution in [3.8, 4) is 0 Å². The Bertz CT molecular complexity index is 621. The number of nitrogens with one attached hydrogen (secondary N) is 1. The van der Waals surface area contributed by atoms with Crippen molar-refractivity contribution in [2.45, 2.75) is 25.3 Å². The second-order valence-corrected chi connectivity index (χ2v) is 7.74. The van der Waals surface area contributed by atoms with Gasteiger partial charge in [-0.05, 0) is 61.6 Å². The average molecular weight is 393 g/mol. The monoisotopic (exact) mass is 392 g/mol. The van der Waals surface area contributed by atoms with Crippen molar-refractivity contribution in [1.82, 2.24) is 10.2 Å². The summed E-state index contributed by atoms with van der Waals surface area (Å²) in [5.74, 6) is -0.00364. The third-order valence-corrected chi connectivity index (χ3v) is 5.77. The molecule has 1 atom stereocenters. The molecule has 1 unspecified atom stereocenters. The minimum Gasteiger partial charge on any atom is -0.350 e. The summed E-state index contributed by atoms with van der Waals surface area (Å²) in [6, 6.07) is 12.0. The molecule has 2 heterocycles. The highest BCUT2D eigenvalue weighted by Gasteiger charge is 2.23. The summed E-state index contributed by atoms with van der Waals surface area (Å²) in [6.07, 6.45) is 3.82. The number of hydrogen-bond donors (Lipinski definition) is 1. The first-order chi connectivity index (χ1) is 11.2. The van der Waals surface area contributed by atoms with Crippen molar-refractivity contribution >= 4 is 33.2 Å². The Hall–Kier alpha value is -1.17. The number of amides is 1. The van der Waals surface area contributed by atoms with Crippen LogP contribution in [0.25, 0.3) is 0 Å². The number of piperidine rings is 1. The summed E-state index contributed by atoms with van der Waals surface area (Å²) < 4.78 is 0.985. The molecule has 0 aliphatic carbocycles. The summed E-state index contributed by atoms with van der Waals surface area (Å²) in [4.78, 5) is 16.2. The first-order valence-corrected chi connectivity index (χ1v) is 9.72. The van der Waals surface area contributed by atoms with Crippen LogP contribution in [-0.2, 0) is 0 Å². The zero-order chi connectivity index (χ0) is 16.1. The van der Waals surface area contributed by atoms with E-state index in [9.17, 15) is 4.79 Å². The number of benzene rings is 1.